The van der Waals surface area contributed by atoms with Crippen LogP contribution >= 0.6 is 0 Å². The summed E-state index contributed by atoms with van der Waals surface area (Å²) in [7, 11) is 0. The van der Waals surface area contributed by atoms with Crippen molar-refractivity contribution in [3.05, 3.63) is 71.3 Å². The Morgan fingerprint density at radius 1 is 1.06 bits per heavy atom. The van der Waals surface area contributed by atoms with Crippen LogP contribution in [-0.4, -0.2) is 48.0 Å². The van der Waals surface area contributed by atoms with E-state index >= 15 is 0 Å². The van der Waals surface area contributed by atoms with Crippen LogP contribution in [0.25, 0.3) is 0 Å². The number of nitrogens with zero attached hydrogens (tertiary/aromatic N) is 1. The van der Waals surface area contributed by atoms with Crippen LogP contribution in [0.4, 0.5) is 0 Å². The van der Waals surface area contributed by atoms with Crippen molar-refractivity contribution < 1.29 is 14.3 Å². The predicted octanol–water partition coefficient (Wildman–Crippen LogP) is 3.32. The summed E-state index contributed by atoms with van der Waals surface area (Å²) in [4.78, 5) is 28.0. The van der Waals surface area contributed by atoms with E-state index in [-0.39, 0.29) is 30.3 Å². The van der Waals surface area contributed by atoms with Gasteiger partial charge in [-0.25, -0.2) is 0 Å². The molecule has 1 fully saturated rings. The van der Waals surface area contributed by atoms with Crippen LogP contribution in [0.15, 0.2) is 54.6 Å². The Morgan fingerprint density at radius 3 is 2.44 bits per heavy atom. The number of carbonyl (C=O) groups is 2. The van der Waals surface area contributed by atoms with Gasteiger partial charge in [0.1, 0.15) is 6.04 Å². The first kappa shape index (κ1) is 24.4. The summed E-state index contributed by atoms with van der Waals surface area (Å²) >= 11 is 0. The molecular formula is C28H37N3O3. The number of benzene rings is 2. The van der Waals surface area contributed by atoms with Gasteiger partial charge in [-0.2, -0.15) is 0 Å². The number of hydrogen-bond acceptors (Lipinski definition) is 4. The van der Waals surface area contributed by atoms with Crippen molar-refractivity contribution in [1.29, 1.82) is 0 Å². The smallest absolute Gasteiger partial charge is 0.247 e. The summed E-state index contributed by atoms with van der Waals surface area (Å²) in [6.07, 6.45) is 4.33. The number of rotatable bonds is 8. The predicted molar refractivity (Wildman–Crippen MR) is 133 cm³/mol. The van der Waals surface area contributed by atoms with Gasteiger partial charge in [-0.1, -0.05) is 54.6 Å². The molecule has 2 amide bonds. The Balaban J connectivity index is 1.39. The molecule has 6 heteroatoms. The monoisotopic (exact) mass is 463 g/mol. The molecular weight excluding hydrogens is 426 g/mol. The largest absolute Gasteiger partial charge is 0.374 e. The normalized spacial score (nSPS) is 17.9. The number of amides is 2. The van der Waals surface area contributed by atoms with Crippen molar-refractivity contribution >= 4 is 11.8 Å². The molecule has 1 heterocycles. The van der Waals surface area contributed by atoms with Gasteiger partial charge in [-0.05, 0) is 61.6 Å². The Morgan fingerprint density at radius 2 is 1.74 bits per heavy atom. The molecule has 1 unspecified atom stereocenters. The number of nitrogens with two attached hydrogens (primary N) is 1. The molecule has 1 aliphatic heterocycles. The molecule has 3 N–H and O–H groups in total. The second kappa shape index (κ2) is 10.3. The maximum atomic E-state index is 13.5. The molecule has 182 valence electrons. The third-order valence-corrected chi connectivity index (χ3v) is 7.14. The molecule has 0 saturated carbocycles. The number of likely N-dealkylation sites (tertiary alicyclic amines) is 1. The van der Waals surface area contributed by atoms with Crippen molar-refractivity contribution in [2.75, 3.05) is 19.7 Å². The van der Waals surface area contributed by atoms with E-state index in [0.29, 0.717) is 19.7 Å². The average molecular weight is 464 g/mol. The van der Waals surface area contributed by atoms with Gasteiger partial charge in [0.15, 0.2) is 0 Å². The summed E-state index contributed by atoms with van der Waals surface area (Å²) in [5, 5.41) is 2.90. The fraction of sp³-hybridized carbons (Fsp3) is 0.500. The summed E-state index contributed by atoms with van der Waals surface area (Å²) in [6, 6.07) is 17.8. The highest BCUT2D eigenvalue weighted by Crippen LogP contribution is 2.46. The van der Waals surface area contributed by atoms with Crippen LogP contribution in [0.1, 0.15) is 56.2 Å². The van der Waals surface area contributed by atoms with Crippen LogP contribution in [-0.2, 0) is 32.8 Å². The third-order valence-electron chi connectivity index (χ3n) is 7.14. The lowest BCUT2D eigenvalue weighted by molar-refractivity contribution is -0.140. The number of nitrogens with one attached hydrogen (secondary N) is 1. The molecule has 1 atom stereocenters. The fourth-order valence-corrected chi connectivity index (χ4v) is 5.36. The minimum Gasteiger partial charge on any atom is -0.374 e. The van der Waals surface area contributed by atoms with E-state index in [1.54, 1.807) is 13.8 Å². The van der Waals surface area contributed by atoms with Crippen molar-refractivity contribution in [3.63, 3.8) is 0 Å². The molecule has 2 aliphatic rings. The minimum absolute atomic E-state index is 0.0719. The van der Waals surface area contributed by atoms with Gasteiger partial charge in [-0.3, -0.25) is 9.59 Å². The maximum absolute atomic E-state index is 13.5. The number of aryl methyl sites for hydroxylation is 1. The van der Waals surface area contributed by atoms with Crippen LogP contribution in [0.2, 0.25) is 0 Å². The molecule has 1 spiro atoms. The molecule has 6 nitrogen and oxygen atoms in total. The minimum atomic E-state index is -0.719. The van der Waals surface area contributed by atoms with Crippen LogP contribution in [0, 0.1) is 0 Å². The Labute approximate surface area is 202 Å². The second-order valence-corrected chi connectivity index (χ2v) is 10.5. The van der Waals surface area contributed by atoms with Gasteiger partial charge in [0.05, 0.1) is 13.2 Å². The second-order valence-electron chi connectivity index (χ2n) is 10.5. The summed E-state index contributed by atoms with van der Waals surface area (Å²) < 4.78 is 5.87. The van der Waals surface area contributed by atoms with E-state index in [2.05, 4.69) is 29.6 Å². The molecule has 1 saturated heterocycles. The first-order valence-electron chi connectivity index (χ1n) is 12.3. The van der Waals surface area contributed by atoms with E-state index in [1.807, 2.05) is 35.2 Å². The lowest BCUT2D eigenvalue weighted by Gasteiger charge is -2.41. The van der Waals surface area contributed by atoms with E-state index in [4.69, 9.17) is 10.5 Å². The third kappa shape index (κ3) is 5.86. The lowest BCUT2D eigenvalue weighted by Crippen LogP contribution is -2.55. The van der Waals surface area contributed by atoms with Crippen molar-refractivity contribution in [2.45, 2.75) is 69.6 Å². The number of piperidine rings is 1. The van der Waals surface area contributed by atoms with Crippen LogP contribution in [0.3, 0.4) is 0 Å². The molecule has 34 heavy (non-hydrogen) atoms. The highest BCUT2D eigenvalue weighted by atomic mass is 16.5. The molecule has 2 aromatic rings. The number of carbonyl (C=O) groups excluding carboxylic acids is 2. The molecule has 0 aromatic heterocycles. The van der Waals surface area contributed by atoms with E-state index < -0.39 is 11.6 Å². The van der Waals surface area contributed by atoms with E-state index in [0.717, 1.165) is 31.2 Å². The van der Waals surface area contributed by atoms with Gasteiger partial charge in [-0.15, -0.1) is 0 Å². The highest BCUT2D eigenvalue weighted by molar-refractivity contribution is 5.88. The topological polar surface area (TPSA) is 84.7 Å². The van der Waals surface area contributed by atoms with E-state index in [9.17, 15) is 9.59 Å². The average Bonchev–Trinajstić information content (AvgIpc) is 3.16. The van der Waals surface area contributed by atoms with Crippen LogP contribution in [0.5, 0.6) is 0 Å². The molecule has 2 aromatic carbocycles. The van der Waals surface area contributed by atoms with Gasteiger partial charge < -0.3 is 20.7 Å². The standard InChI is InChI=1S/C28H37N3O3/c1-27(2,29)18-25(32)30-24(20-34-19-21-8-4-3-5-9-21)26(33)31-16-14-28(15-17-31)13-12-22-10-6-7-11-23(22)28/h3-11,24H,12-20,29H2,1-2H3,(H,30,32). The quantitative estimate of drug-likeness (QED) is 0.629. The number of fused-ring (bicyclic) bond motifs is 2. The molecule has 0 radical (unpaired) electrons. The molecule has 4 rings (SSSR count). The number of hydrogen-bond donors (Lipinski definition) is 2. The first-order chi connectivity index (χ1) is 16.3. The zero-order valence-electron chi connectivity index (χ0n) is 20.4. The summed E-state index contributed by atoms with van der Waals surface area (Å²) in [6.45, 7) is 5.52. The van der Waals surface area contributed by atoms with Crippen molar-refractivity contribution in [3.8, 4) is 0 Å². The van der Waals surface area contributed by atoms with Gasteiger partial charge in [0, 0.05) is 25.0 Å². The van der Waals surface area contributed by atoms with E-state index in [1.165, 1.54) is 11.1 Å². The zero-order chi connectivity index (χ0) is 24.2. The maximum Gasteiger partial charge on any atom is 0.247 e. The Hall–Kier alpha value is -2.70. The Bertz CT molecular complexity index is 991. The van der Waals surface area contributed by atoms with Gasteiger partial charge in [0.2, 0.25) is 11.8 Å². The fourth-order valence-electron chi connectivity index (χ4n) is 5.36. The molecule has 1 aliphatic carbocycles. The highest BCUT2D eigenvalue weighted by Gasteiger charge is 2.42. The molecule has 0 bridgehead atoms. The van der Waals surface area contributed by atoms with Crippen molar-refractivity contribution in [1.82, 2.24) is 10.2 Å². The lowest BCUT2D eigenvalue weighted by atomic mass is 9.74. The summed E-state index contributed by atoms with van der Waals surface area (Å²) in [5.41, 5.74) is 9.50. The SMILES string of the molecule is CC(C)(N)CC(=O)NC(COCc1ccccc1)C(=O)N1CCC2(CCc3ccccc32)CC1. The Kier molecular flexibility index (Phi) is 7.39. The van der Waals surface area contributed by atoms with Crippen LogP contribution < -0.4 is 11.1 Å². The number of ether oxygens (including phenoxy) is 1. The zero-order valence-corrected chi connectivity index (χ0v) is 20.4. The van der Waals surface area contributed by atoms with Crippen molar-refractivity contribution in [2.24, 2.45) is 5.73 Å². The summed E-state index contributed by atoms with van der Waals surface area (Å²) in [5.74, 6) is -0.301. The van der Waals surface area contributed by atoms with Gasteiger partial charge >= 0.3 is 0 Å². The van der Waals surface area contributed by atoms with Gasteiger partial charge in [0.25, 0.3) is 0 Å². The first-order valence-corrected chi connectivity index (χ1v) is 12.3.